The van der Waals surface area contributed by atoms with Gasteiger partial charge in [-0.1, -0.05) is 17.7 Å². The molecule has 1 aliphatic rings. The lowest BCUT2D eigenvalue weighted by molar-refractivity contribution is -0.142. The zero-order chi connectivity index (χ0) is 15.7. The zero-order valence-electron chi connectivity index (χ0n) is 11.8. The van der Waals surface area contributed by atoms with Crippen molar-refractivity contribution in [3.63, 3.8) is 0 Å². The van der Waals surface area contributed by atoms with Gasteiger partial charge in [-0.25, -0.2) is 4.68 Å². The normalized spacial score (nSPS) is 22.1. The number of β-amino-alcohol motifs (C(OH)–C–C–N with tert-alkyl or cyclic N) is 1. The molecule has 2 atom stereocenters. The molecule has 22 heavy (non-hydrogen) atoms. The molecule has 1 aromatic heterocycles. The molecule has 0 spiro atoms. The van der Waals surface area contributed by atoms with Gasteiger partial charge >= 0.3 is 5.97 Å². The SMILES string of the molecule is O=C(O)[C@@H]1C[C@@H](O)CN1Cc1cnn(-c2cccc(Cl)c2)c1. The number of likely N-dealkylation sites (tertiary alicyclic amines) is 1. The first-order valence-electron chi connectivity index (χ1n) is 6.97. The van der Waals surface area contributed by atoms with Gasteiger partial charge in [-0.2, -0.15) is 5.10 Å². The van der Waals surface area contributed by atoms with E-state index < -0.39 is 18.1 Å². The van der Waals surface area contributed by atoms with Gasteiger partial charge in [0.15, 0.2) is 0 Å². The number of carboxylic acids is 1. The van der Waals surface area contributed by atoms with Crippen LogP contribution in [0.1, 0.15) is 12.0 Å². The molecule has 0 amide bonds. The number of hydrogen-bond donors (Lipinski definition) is 2. The third-order valence-corrected chi connectivity index (χ3v) is 4.00. The van der Waals surface area contributed by atoms with Gasteiger partial charge in [-0.05, 0) is 18.2 Å². The van der Waals surface area contributed by atoms with E-state index in [1.807, 2.05) is 18.3 Å². The molecule has 0 bridgehead atoms. The first-order chi connectivity index (χ1) is 10.5. The smallest absolute Gasteiger partial charge is 0.321 e. The minimum Gasteiger partial charge on any atom is -0.480 e. The highest BCUT2D eigenvalue weighted by Gasteiger charge is 2.35. The van der Waals surface area contributed by atoms with Crippen molar-refractivity contribution >= 4 is 17.6 Å². The summed E-state index contributed by atoms with van der Waals surface area (Å²) in [5.41, 5.74) is 1.73. The average molecular weight is 322 g/mol. The number of hydrogen-bond acceptors (Lipinski definition) is 4. The van der Waals surface area contributed by atoms with Crippen LogP contribution in [-0.2, 0) is 11.3 Å². The number of rotatable bonds is 4. The van der Waals surface area contributed by atoms with Crippen LogP contribution in [0.2, 0.25) is 5.02 Å². The second-order valence-electron chi connectivity index (χ2n) is 5.45. The molecule has 6 nitrogen and oxygen atoms in total. The predicted octanol–water partition coefficient (Wildman–Crippen LogP) is 1.55. The molecule has 0 unspecified atom stereocenters. The highest BCUT2D eigenvalue weighted by Crippen LogP contribution is 2.21. The van der Waals surface area contributed by atoms with Crippen LogP contribution in [0.3, 0.4) is 0 Å². The van der Waals surface area contributed by atoms with Gasteiger partial charge < -0.3 is 10.2 Å². The summed E-state index contributed by atoms with van der Waals surface area (Å²) < 4.78 is 1.70. The van der Waals surface area contributed by atoms with Gasteiger partial charge in [0.2, 0.25) is 0 Å². The quantitative estimate of drug-likeness (QED) is 0.893. The minimum atomic E-state index is -0.904. The van der Waals surface area contributed by atoms with Gasteiger partial charge in [-0.3, -0.25) is 9.69 Å². The maximum Gasteiger partial charge on any atom is 0.321 e. The molecule has 1 saturated heterocycles. The summed E-state index contributed by atoms with van der Waals surface area (Å²) in [7, 11) is 0. The fourth-order valence-corrected chi connectivity index (χ4v) is 2.93. The number of aliphatic carboxylic acids is 1. The molecular formula is C15H16ClN3O3. The number of benzene rings is 1. The largest absolute Gasteiger partial charge is 0.480 e. The van der Waals surface area contributed by atoms with E-state index in [1.165, 1.54) is 0 Å². The standard InChI is InChI=1S/C15H16ClN3O3/c16-11-2-1-3-12(4-11)19-8-10(6-17-19)7-18-9-13(20)5-14(18)15(21)22/h1-4,6,8,13-14,20H,5,7,9H2,(H,21,22)/t13-,14+/m1/s1. The topological polar surface area (TPSA) is 78.6 Å². The lowest BCUT2D eigenvalue weighted by Gasteiger charge is -2.19. The van der Waals surface area contributed by atoms with Gasteiger partial charge in [0.1, 0.15) is 6.04 Å². The second kappa shape index (κ2) is 6.08. The molecule has 2 N–H and O–H groups in total. The molecule has 1 aliphatic heterocycles. The number of carbonyl (C=O) groups is 1. The van der Waals surface area contributed by atoms with E-state index in [0.29, 0.717) is 18.1 Å². The molecule has 3 rings (SSSR count). The Balaban J connectivity index is 1.76. The first kappa shape index (κ1) is 15.0. The fourth-order valence-electron chi connectivity index (χ4n) is 2.75. The molecule has 2 aromatic rings. The monoisotopic (exact) mass is 321 g/mol. The van der Waals surface area contributed by atoms with Crippen molar-refractivity contribution in [1.82, 2.24) is 14.7 Å². The lowest BCUT2D eigenvalue weighted by Crippen LogP contribution is -2.35. The Bertz CT molecular complexity index is 688. The number of nitrogens with zero attached hydrogens (tertiary/aromatic N) is 3. The van der Waals surface area contributed by atoms with Crippen molar-refractivity contribution in [3.05, 3.63) is 47.2 Å². The van der Waals surface area contributed by atoms with E-state index in [-0.39, 0.29) is 6.42 Å². The average Bonchev–Trinajstić information content (AvgIpc) is 3.06. The van der Waals surface area contributed by atoms with Crippen molar-refractivity contribution in [1.29, 1.82) is 0 Å². The summed E-state index contributed by atoms with van der Waals surface area (Å²) in [6.07, 6.45) is 3.21. The maximum atomic E-state index is 11.2. The van der Waals surface area contributed by atoms with Crippen LogP contribution in [0.5, 0.6) is 0 Å². The first-order valence-corrected chi connectivity index (χ1v) is 7.35. The van der Waals surface area contributed by atoms with E-state index in [1.54, 1.807) is 27.9 Å². The Kier molecular flexibility index (Phi) is 4.15. The van der Waals surface area contributed by atoms with Gasteiger partial charge in [-0.15, -0.1) is 0 Å². The minimum absolute atomic E-state index is 0.262. The molecule has 2 heterocycles. The number of aliphatic hydroxyl groups excluding tert-OH is 1. The van der Waals surface area contributed by atoms with Crippen molar-refractivity contribution in [2.75, 3.05) is 6.54 Å². The summed E-state index contributed by atoms with van der Waals surface area (Å²) in [5, 5.41) is 23.8. The van der Waals surface area contributed by atoms with Crippen molar-refractivity contribution in [2.24, 2.45) is 0 Å². The number of aromatic nitrogens is 2. The zero-order valence-corrected chi connectivity index (χ0v) is 12.5. The van der Waals surface area contributed by atoms with Crippen molar-refractivity contribution in [2.45, 2.75) is 25.1 Å². The fraction of sp³-hybridized carbons (Fsp3) is 0.333. The Morgan fingerprint density at radius 3 is 3.00 bits per heavy atom. The molecule has 0 aliphatic carbocycles. The second-order valence-corrected chi connectivity index (χ2v) is 5.88. The van der Waals surface area contributed by atoms with Crippen molar-refractivity contribution in [3.8, 4) is 5.69 Å². The molecular weight excluding hydrogens is 306 g/mol. The molecule has 7 heteroatoms. The van der Waals surface area contributed by atoms with Gasteiger partial charge in [0.25, 0.3) is 0 Å². The van der Waals surface area contributed by atoms with E-state index in [9.17, 15) is 15.0 Å². The van der Waals surface area contributed by atoms with Crippen LogP contribution in [0.15, 0.2) is 36.7 Å². The van der Waals surface area contributed by atoms with E-state index in [2.05, 4.69) is 5.10 Å². The summed E-state index contributed by atoms with van der Waals surface area (Å²) in [5.74, 6) is -0.904. The van der Waals surface area contributed by atoms with Crippen LogP contribution in [-0.4, -0.2) is 49.6 Å². The van der Waals surface area contributed by atoms with Gasteiger partial charge in [0, 0.05) is 36.3 Å². The predicted molar refractivity (Wildman–Crippen MR) is 81.0 cm³/mol. The van der Waals surface area contributed by atoms with Crippen LogP contribution >= 0.6 is 11.6 Å². The number of aliphatic hydroxyl groups is 1. The molecule has 0 radical (unpaired) electrons. The Morgan fingerprint density at radius 1 is 1.45 bits per heavy atom. The third-order valence-electron chi connectivity index (χ3n) is 3.76. The Labute approximate surface area is 132 Å². The van der Waals surface area contributed by atoms with E-state index in [0.717, 1.165) is 11.3 Å². The number of carboxylic acid groups (broad SMARTS) is 1. The summed E-state index contributed by atoms with van der Waals surface area (Å²) >= 11 is 5.97. The van der Waals surface area contributed by atoms with Crippen LogP contribution in [0.25, 0.3) is 5.69 Å². The van der Waals surface area contributed by atoms with Gasteiger partial charge in [0.05, 0.1) is 18.0 Å². The third kappa shape index (κ3) is 3.14. The van der Waals surface area contributed by atoms with E-state index >= 15 is 0 Å². The summed E-state index contributed by atoms with van der Waals surface area (Å²) in [4.78, 5) is 13.0. The summed E-state index contributed by atoms with van der Waals surface area (Å²) in [6, 6.07) is 6.68. The maximum absolute atomic E-state index is 11.2. The van der Waals surface area contributed by atoms with Crippen LogP contribution in [0.4, 0.5) is 0 Å². The Morgan fingerprint density at radius 2 is 2.27 bits per heavy atom. The van der Waals surface area contributed by atoms with E-state index in [4.69, 9.17) is 11.6 Å². The molecule has 0 saturated carbocycles. The lowest BCUT2D eigenvalue weighted by atomic mass is 10.2. The highest BCUT2D eigenvalue weighted by atomic mass is 35.5. The molecule has 1 aromatic carbocycles. The molecule has 1 fully saturated rings. The summed E-state index contributed by atoms with van der Waals surface area (Å²) in [6.45, 7) is 0.800. The number of halogens is 1. The molecule has 116 valence electrons. The van der Waals surface area contributed by atoms with Crippen LogP contribution in [0, 0.1) is 0 Å². The Hall–Kier alpha value is -1.89. The highest BCUT2D eigenvalue weighted by molar-refractivity contribution is 6.30. The van der Waals surface area contributed by atoms with Crippen molar-refractivity contribution < 1.29 is 15.0 Å². The van der Waals surface area contributed by atoms with Crippen LogP contribution < -0.4 is 0 Å².